The van der Waals surface area contributed by atoms with Gasteiger partial charge in [0.2, 0.25) is 5.91 Å². The van der Waals surface area contributed by atoms with Gasteiger partial charge in [0.25, 0.3) is 11.1 Å². The van der Waals surface area contributed by atoms with E-state index in [4.69, 9.17) is 0 Å². The van der Waals surface area contributed by atoms with E-state index in [0.29, 0.717) is 24.5 Å². The van der Waals surface area contributed by atoms with Crippen LogP contribution in [0.3, 0.4) is 0 Å². The van der Waals surface area contributed by atoms with Crippen molar-refractivity contribution in [2.24, 2.45) is 0 Å². The minimum Gasteiger partial charge on any atom is -0.342 e. The van der Waals surface area contributed by atoms with Crippen molar-refractivity contribution in [3.63, 3.8) is 0 Å². The molecule has 0 spiro atoms. The van der Waals surface area contributed by atoms with Gasteiger partial charge in [0.05, 0.1) is 4.91 Å². The van der Waals surface area contributed by atoms with E-state index in [2.05, 4.69) is 41.8 Å². The van der Waals surface area contributed by atoms with Gasteiger partial charge in [0.15, 0.2) is 0 Å². The Bertz CT molecular complexity index is 1300. The number of aromatic nitrogens is 1. The third-order valence-corrected chi connectivity index (χ3v) is 7.32. The summed E-state index contributed by atoms with van der Waals surface area (Å²) in [6.07, 6.45) is 6.87. The molecule has 2 aliphatic rings. The maximum absolute atomic E-state index is 13.0. The number of likely N-dealkylation sites (tertiary alicyclic amines) is 1. The number of carbonyl (C=O) groups excluding carboxylic acids is 3. The number of aryl methyl sites for hydroxylation is 1. The highest BCUT2D eigenvalue weighted by Crippen LogP contribution is 2.34. The van der Waals surface area contributed by atoms with Crippen molar-refractivity contribution >= 4 is 45.8 Å². The van der Waals surface area contributed by atoms with Crippen molar-refractivity contribution in [3.05, 3.63) is 76.3 Å². The molecule has 2 fully saturated rings. The summed E-state index contributed by atoms with van der Waals surface area (Å²) in [6, 6.07) is 16.5. The molecule has 2 aliphatic heterocycles. The third-order valence-electron chi connectivity index (χ3n) is 6.42. The van der Waals surface area contributed by atoms with E-state index in [1.807, 2.05) is 24.4 Å². The molecule has 0 unspecified atom stereocenters. The van der Waals surface area contributed by atoms with Gasteiger partial charge in [-0.15, -0.1) is 0 Å². The molecule has 3 aromatic rings. The number of benzene rings is 2. The van der Waals surface area contributed by atoms with Gasteiger partial charge >= 0.3 is 0 Å². The van der Waals surface area contributed by atoms with Crippen LogP contribution in [0.5, 0.6) is 0 Å². The van der Waals surface area contributed by atoms with E-state index >= 15 is 0 Å². The molecule has 0 saturated carbocycles. The van der Waals surface area contributed by atoms with Crippen molar-refractivity contribution in [2.75, 3.05) is 19.6 Å². The molecule has 6 nitrogen and oxygen atoms in total. The van der Waals surface area contributed by atoms with Crippen LogP contribution in [-0.4, -0.2) is 51.1 Å². The number of para-hydroxylation sites is 1. The van der Waals surface area contributed by atoms with E-state index in [0.717, 1.165) is 52.4 Å². The van der Waals surface area contributed by atoms with Crippen molar-refractivity contribution in [1.29, 1.82) is 0 Å². The minimum absolute atomic E-state index is 0.155. The Labute approximate surface area is 203 Å². The van der Waals surface area contributed by atoms with Crippen LogP contribution < -0.4 is 0 Å². The third kappa shape index (κ3) is 4.53. The van der Waals surface area contributed by atoms with Crippen LogP contribution in [0.15, 0.2) is 59.6 Å². The number of carbonyl (C=O) groups is 3. The van der Waals surface area contributed by atoms with Crippen LogP contribution in [0, 0.1) is 6.92 Å². The van der Waals surface area contributed by atoms with Crippen LogP contribution in [0.4, 0.5) is 4.79 Å². The number of rotatable bonds is 5. The lowest BCUT2D eigenvalue weighted by molar-refractivity contribution is -0.136. The normalized spacial score (nSPS) is 17.9. The predicted octanol–water partition coefficient (Wildman–Crippen LogP) is 5.05. The van der Waals surface area contributed by atoms with Crippen LogP contribution in [0.1, 0.15) is 36.0 Å². The molecule has 2 saturated heterocycles. The Kier molecular flexibility index (Phi) is 6.28. The molecule has 0 N–H and O–H groups in total. The second-order valence-corrected chi connectivity index (χ2v) is 9.92. The van der Waals surface area contributed by atoms with E-state index in [1.165, 1.54) is 11.1 Å². The second-order valence-electron chi connectivity index (χ2n) is 8.93. The molecule has 0 bridgehead atoms. The maximum atomic E-state index is 13.0. The number of fused-ring (bicyclic) bond motifs is 1. The van der Waals surface area contributed by atoms with Gasteiger partial charge in [-0.05, 0) is 55.7 Å². The molecule has 5 rings (SSSR count). The van der Waals surface area contributed by atoms with E-state index in [9.17, 15) is 14.4 Å². The fourth-order valence-corrected chi connectivity index (χ4v) is 5.51. The first kappa shape index (κ1) is 22.5. The Morgan fingerprint density at radius 3 is 2.62 bits per heavy atom. The number of nitrogens with zero attached hydrogens (tertiary/aromatic N) is 3. The molecule has 3 heterocycles. The topological polar surface area (TPSA) is 62.6 Å². The van der Waals surface area contributed by atoms with Crippen molar-refractivity contribution in [2.45, 2.75) is 32.7 Å². The summed E-state index contributed by atoms with van der Waals surface area (Å²) in [5.41, 5.74) is 4.36. The zero-order valence-electron chi connectivity index (χ0n) is 19.2. The summed E-state index contributed by atoms with van der Waals surface area (Å²) < 4.78 is 2.17. The lowest BCUT2D eigenvalue weighted by Crippen LogP contribution is -2.44. The second kappa shape index (κ2) is 9.50. The highest BCUT2D eigenvalue weighted by atomic mass is 32.2. The van der Waals surface area contributed by atoms with Crippen LogP contribution >= 0.6 is 11.8 Å². The minimum atomic E-state index is -0.393. The highest BCUT2D eigenvalue weighted by Gasteiger charge is 2.37. The van der Waals surface area contributed by atoms with Crippen LogP contribution in [0.2, 0.25) is 0 Å². The first-order chi connectivity index (χ1) is 16.5. The largest absolute Gasteiger partial charge is 0.342 e. The number of piperidine rings is 1. The zero-order valence-corrected chi connectivity index (χ0v) is 20.0. The molecule has 0 atom stereocenters. The van der Waals surface area contributed by atoms with Crippen LogP contribution in [-0.2, 0) is 16.1 Å². The Morgan fingerprint density at radius 1 is 1.03 bits per heavy atom. The lowest BCUT2D eigenvalue weighted by Gasteiger charge is -2.27. The van der Waals surface area contributed by atoms with Gasteiger partial charge in [-0.25, -0.2) is 0 Å². The number of hydrogen-bond donors (Lipinski definition) is 0. The molecule has 3 amide bonds. The van der Waals surface area contributed by atoms with Gasteiger partial charge in [-0.1, -0.05) is 48.0 Å². The summed E-state index contributed by atoms with van der Waals surface area (Å²) in [4.78, 5) is 41.5. The molecular formula is C27H27N3O3S. The standard InChI is InChI=1S/C27H27N3O3S/c1-19-8-7-9-20(14-19)16-29-17-21(22-10-3-4-11-23(22)29)15-24-26(32)30(27(33)34-24)18-25(31)28-12-5-2-6-13-28/h3-4,7-11,14-15,17H,2,5-6,12-13,16,18H2,1H3. The van der Waals surface area contributed by atoms with Crippen molar-refractivity contribution in [1.82, 2.24) is 14.4 Å². The molecular weight excluding hydrogens is 446 g/mol. The molecule has 0 aliphatic carbocycles. The predicted molar refractivity (Wildman–Crippen MR) is 135 cm³/mol. The average Bonchev–Trinajstić information content (AvgIpc) is 3.31. The molecule has 7 heteroatoms. The first-order valence-corrected chi connectivity index (χ1v) is 12.5. The number of thioether (sulfide) groups is 1. The quantitative estimate of drug-likeness (QED) is 0.487. The summed E-state index contributed by atoms with van der Waals surface area (Å²) in [5, 5.41) is 0.636. The first-order valence-electron chi connectivity index (χ1n) is 11.7. The average molecular weight is 474 g/mol. The summed E-state index contributed by atoms with van der Waals surface area (Å²) >= 11 is 0.908. The van der Waals surface area contributed by atoms with Gasteiger partial charge in [-0.2, -0.15) is 0 Å². The maximum Gasteiger partial charge on any atom is 0.294 e. The Hall–Kier alpha value is -3.32. The summed E-state index contributed by atoms with van der Waals surface area (Å²) in [5.74, 6) is -0.547. The van der Waals surface area contributed by atoms with E-state index in [1.54, 1.807) is 11.0 Å². The fourth-order valence-electron chi connectivity index (χ4n) is 4.68. The molecule has 0 radical (unpaired) electrons. The Morgan fingerprint density at radius 2 is 1.82 bits per heavy atom. The number of amides is 3. The molecule has 34 heavy (non-hydrogen) atoms. The zero-order chi connectivity index (χ0) is 23.7. The SMILES string of the molecule is Cc1cccc(Cn2cc(C=C3SC(=O)N(CC(=O)N4CCCCC4)C3=O)c3ccccc32)c1. The highest BCUT2D eigenvalue weighted by molar-refractivity contribution is 8.18. The van der Waals surface area contributed by atoms with Crippen molar-refractivity contribution < 1.29 is 14.4 Å². The molecule has 1 aromatic heterocycles. The van der Waals surface area contributed by atoms with Gasteiger partial charge < -0.3 is 9.47 Å². The Balaban J connectivity index is 1.40. The van der Waals surface area contributed by atoms with Gasteiger partial charge in [-0.3, -0.25) is 19.3 Å². The monoisotopic (exact) mass is 473 g/mol. The molecule has 2 aromatic carbocycles. The smallest absolute Gasteiger partial charge is 0.294 e. The molecule has 174 valence electrons. The summed E-state index contributed by atoms with van der Waals surface area (Å²) in [6.45, 7) is 4.00. The van der Waals surface area contributed by atoms with Crippen molar-refractivity contribution in [3.8, 4) is 0 Å². The van der Waals surface area contributed by atoms with Gasteiger partial charge in [0, 0.05) is 42.3 Å². The van der Waals surface area contributed by atoms with E-state index < -0.39 is 5.91 Å². The fraction of sp³-hybridized carbons (Fsp3) is 0.296. The lowest BCUT2D eigenvalue weighted by atomic mass is 10.1. The van der Waals surface area contributed by atoms with Gasteiger partial charge in [0.1, 0.15) is 6.54 Å². The number of imide groups is 1. The summed E-state index contributed by atoms with van der Waals surface area (Å²) in [7, 11) is 0. The van der Waals surface area contributed by atoms with Crippen LogP contribution in [0.25, 0.3) is 17.0 Å². The van der Waals surface area contributed by atoms with E-state index in [-0.39, 0.29) is 17.7 Å². The number of hydrogen-bond acceptors (Lipinski definition) is 4.